The zero-order chi connectivity index (χ0) is 15.6. The normalized spacial score (nSPS) is 15.3. The molecule has 2 N–H and O–H groups in total. The molecule has 0 aromatic heterocycles. The Labute approximate surface area is 132 Å². The first-order valence-corrected chi connectivity index (χ1v) is 8.08. The van der Waals surface area contributed by atoms with E-state index in [0.717, 1.165) is 30.8 Å². The van der Waals surface area contributed by atoms with Gasteiger partial charge in [0.1, 0.15) is 12.4 Å². The first kappa shape index (κ1) is 16.6. The van der Waals surface area contributed by atoms with E-state index in [9.17, 15) is 4.79 Å². The predicted molar refractivity (Wildman–Crippen MR) is 88.8 cm³/mol. The maximum Gasteiger partial charge on any atom is 0.220 e. The zero-order valence-electron chi connectivity index (χ0n) is 13.1. The summed E-state index contributed by atoms with van der Waals surface area (Å²) in [5.41, 5.74) is 1.000. The van der Waals surface area contributed by atoms with Gasteiger partial charge in [0.25, 0.3) is 0 Å². The molecule has 2 rings (SSSR count). The summed E-state index contributed by atoms with van der Waals surface area (Å²) in [5.74, 6) is 1.62. The number of hydrogen-bond acceptors (Lipinski definition) is 3. The molecule has 22 heavy (non-hydrogen) atoms. The van der Waals surface area contributed by atoms with Gasteiger partial charge in [-0.05, 0) is 44.3 Å². The largest absolute Gasteiger partial charge is 0.489 e. The summed E-state index contributed by atoms with van der Waals surface area (Å²) >= 11 is 0. The van der Waals surface area contributed by atoms with Crippen LogP contribution in [0.1, 0.15) is 31.2 Å². The van der Waals surface area contributed by atoms with Gasteiger partial charge in [-0.15, -0.1) is 0 Å². The number of amides is 1. The van der Waals surface area contributed by atoms with Crippen molar-refractivity contribution in [3.05, 3.63) is 42.5 Å². The van der Waals surface area contributed by atoms with E-state index in [-0.39, 0.29) is 5.91 Å². The van der Waals surface area contributed by atoms with Gasteiger partial charge in [0, 0.05) is 18.5 Å². The fourth-order valence-electron chi connectivity index (χ4n) is 2.73. The lowest BCUT2D eigenvalue weighted by atomic mass is 9.93. The topological polar surface area (TPSA) is 50.4 Å². The van der Waals surface area contributed by atoms with Crippen molar-refractivity contribution >= 4 is 5.91 Å². The lowest BCUT2D eigenvalue weighted by molar-refractivity contribution is -0.121. The SMILES string of the molecule is C=CCOc1ccccc1CNC(=O)CCC1CCNCC1. The van der Waals surface area contributed by atoms with Crippen LogP contribution < -0.4 is 15.4 Å². The molecule has 4 nitrogen and oxygen atoms in total. The summed E-state index contributed by atoms with van der Waals surface area (Å²) in [6, 6.07) is 7.78. The minimum atomic E-state index is 0.122. The minimum absolute atomic E-state index is 0.122. The number of carbonyl (C=O) groups excluding carboxylic acids is 1. The first-order chi connectivity index (χ1) is 10.8. The monoisotopic (exact) mass is 302 g/mol. The maximum absolute atomic E-state index is 12.0. The van der Waals surface area contributed by atoms with Crippen molar-refractivity contribution in [3.8, 4) is 5.75 Å². The Morgan fingerprint density at radius 2 is 2.14 bits per heavy atom. The number of hydrogen-bond donors (Lipinski definition) is 2. The van der Waals surface area contributed by atoms with Gasteiger partial charge in [-0.1, -0.05) is 30.9 Å². The third-order valence-corrected chi connectivity index (χ3v) is 4.04. The van der Waals surface area contributed by atoms with Gasteiger partial charge in [0.15, 0.2) is 0 Å². The zero-order valence-corrected chi connectivity index (χ0v) is 13.1. The van der Waals surface area contributed by atoms with Crippen LogP contribution in [0.3, 0.4) is 0 Å². The molecule has 1 aliphatic rings. The Morgan fingerprint density at radius 1 is 1.36 bits per heavy atom. The van der Waals surface area contributed by atoms with Gasteiger partial charge in [-0.25, -0.2) is 0 Å². The molecule has 0 unspecified atom stereocenters. The maximum atomic E-state index is 12.0. The number of benzene rings is 1. The van der Waals surface area contributed by atoms with E-state index in [1.54, 1.807) is 6.08 Å². The van der Waals surface area contributed by atoms with Crippen LogP contribution >= 0.6 is 0 Å². The molecule has 0 spiro atoms. The summed E-state index contributed by atoms with van der Waals surface area (Å²) in [6.45, 7) is 6.80. The highest BCUT2D eigenvalue weighted by atomic mass is 16.5. The van der Waals surface area contributed by atoms with Crippen molar-refractivity contribution in [2.75, 3.05) is 19.7 Å². The molecule has 0 saturated carbocycles. The van der Waals surface area contributed by atoms with E-state index in [2.05, 4.69) is 17.2 Å². The van der Waals surface area contributed by atoms with Crippen LogP contribution in [-0.2, 0) is 11.3 Å². The molecule has 1 aliphatic heterocycles. The Kier molecular flexibility index (Phi) is 6.97. The van der Waals surface area contributed by atoms with Crippen LogP contribution in [0.5, 0.6) is 5.75 Å². The molecule has 1 fully saturated rings. The van der Waals surface area contributed by atoms with Crippen LogP contribution in [0.2, 0.25) is 0 Å². The third-order valence-electron chi connectivity index (χ3n) is 4.04. The number of ether oxygens (including phenoxy) is 1. The molecule has 0 radical (unpaired) electrons. The molecule has 1 heterocycles. The molecular formula is C18H26N2O2. The molecule has 1 aromatic rings. The molecule has 0 bridgehead atoms. The second kappa shape index (κ2) is 9.26. The summed E-state index contributed by atoms with van der Waals surface area (Å²) in [4.78, 5) is 12.0. The van der Waals surface area contributed by atoms with Crippen molar-refractivity contribution in [2.45, 2.75) is 32.2 Å². The second-order valence-corrected chi connectivity index (χ2v) is 5.72. The van der Waals surface area contributed by atoms with Crippen LogP contribution in [0, 0.1) is 5.92 Å². The average molecular weight is 302 g/mol. The van der Waals surface area contributed by atoms with Gasteiger partial charge < -0.3 is 15.4 Å². The fraction of sp³-hybridized carbons (Fsp3) is 0.500. The van der Waals surface area contributed by atoms with Crippen LogP contribution in [0.15, 0.2) is 36.9 Å². The summed E-state index contributed by atoms with van der Waals surface area (Å²) in [5, 5.41) is 6.35. The van der Waals surface area contributed by atoms with E-state index in [1.807, 2.05) is 24.3 Å². The number of rotatable bonds is 8. The number of para-hydroxylation sites is 1. The molecule has 1 saturated heterocycles. The number of carbonyl (C=O) groups is 1. The smallest absolute Gasteiger partial charge is 0.220 e. The lowest BCUT2D eigenvalue weighted by Gasteiger charge is -2.22. The van der Waals surface area contributed by atoms with Crippen molar-refractivity contribution in [1.29, 1.82) is 0 Å². The fourth-order valence-corrected chi connectivity index (χ4v) is 2.73. The summed E-state index contributed by atoms with van der Waals surface area (Å²) in [7, 11) is 0. The van der Waals surface area contributed by atoms with Crippen molar-refractivity contribution < 1.29 is 9.53 Å². The van der Waals surface area contributed by atoms with E-state index in [1.165, 1.54) is 12.8 Å². The molecular weight excluding hydrogens is 276 g/mol. The van der Waals surface area contributed by atoms with Gasteiger partial charge >= 0.3 is 0 Å². The van der Waals surface area contributed by atoms with Crippen LogP contribution in [0.4, 0.5) is 0 Å². The van der Waals surface area contributed by atoms with E-state index >= 15 is 0 Å². The number of nitrogens with one attached hydrogen (secondary N) is 2. The van der Waals surface area contributed by atoms with Crippen molar-refractivity contribution in [3.63, 3.8) is 0 Å². The second-order valence-electron chi connectivity index (χ2n) is 5.72. The first-order valence-electron chi connectivity index (χ1n) is 8.08. The van der Waals surface area contributed by atoms with Crippen molar-refractivity contribution in [1.82, 2.24) is 10.6 Å². The van der Waals surface area contributed by atoms with Crippen LogP contribution in [0.25, 0.3) is 0 Å². The van der Waals surface area contributed by atoms with Gasteiger partial charge in [0.05, 0.1) is 0 Å². The molecule has 0 atom stereocenters. The predicted octanol–water partition coefficient (Wildman–Crippen LogP) is 2.65. The highest BCUT2D eigenvalue weighted by molar-refractivity contribution is 5.75. The standard InChI is InChI=1S/C18H26N2O2/c1-2-13-22-17-6-4-3-5-16(17)14-20-18(21)8-7-15-9-11-19-12-10-15/h2-6,15,19H,1,7-14H2,(H,20,21). The van der Waals surface area contributed by atoms with Crippen molar-refractivity contribution in [2.24, 2.45) is 5.92 Å². The van der Waals surface area contributed by atoms with E-state index in [0.29, 0.717) is 25.5 Å². The molecule has 0 aliphatic carbocycles. The lowest BCUT2D eigenvalue weighted by Crippen LogP contribution is -2.29. The Balaban J connectivity index is 1.74. The van der Waals surface area contributed by atoms with Gasteiger partial charge in [-0.2, -0.15) is 0 Å². The highest BCUT2D eigenvalue weighted by Crippen LogP contribution is 2.19. The Hall–Kier alpha value is -1.81. The van der Waals surface area contributed by atoms with Crippen LogP contribution in [-0.4, -0.2) is 25.6 Å². The third kappa shape index (κ3) is 5.53. The molecule has 1 aromatic carbocycles. The Bertz CT molecular complexity index is 482. The summed E-state index contributed by atoms with van der Waals surface area (Å²) < 4.78 is 5.60. The Morgan fingerprint density at radius 3 is 2.91 bits per heavy atom. The molecule has 4 heteroatoms. The average Bonchev–Trinajstić information content (AvgIpc) is 2.58. The molecule has 1 amide bonds. The van der Waals surface area contributed by atoms with E-state index in [4.69, 9.17) is 4.74 Å². The van der Waals surface area contributed by atoms with Gasteiger partial charge in [0.2, 0.25) is 5.91 Å². The molecule has 120 valence electrons. The highest BCUT2D eigenvalue weighted by Gasteiger charge is 2.14. The minimum Gasteiger partial charge on any atom is -0.489 e. The number of piperidine rings is 1. The summed E-state index contributed by atoms with van der Waals surface area (Å²) in [6.07, 6.45) is 5.69. The van der Waals surface area contributed by atoms with Gasteiger partial charge in [-0.3, -0.25) is 4.79 Å². The van der Waals surface area contributed by atoms with E-state index < -0.39 is 0 Å². The quantitative estimate of drug-likeness (QED) is 0.726.